The van der Waals surface area contributed by atoms with Crippen LogP contribution < -0.4 is 5.73 Å². The molecule has 5 nitrogen and oxygen atoms in total. The zero-order chi connectivity index (χ0) is 17.2. The van der Waals surface area contributed by atoms with Crippen LogP contribution in [0.4, 0.5) is 0 Å². The lowest BCUT2D eigenvalue weighted by Crippen LogP contribution is -2.42. The number of para-hydroxylation sites is 1. The molecule has 1 aliphatic rings. The van der Waals surface area contributed by atoms with Gasteiger partial charge in [-0.05, 0) is 37.1 Å². The van der Waals surface area contributed by atoms with Crippen molar-refractivity contribution in [3.05, 3.63) is 60.4 Å². The number of nitrogens with zero attached hydrogens (tertiary/aromatic N) is 3. The number of hydrogen-bond donors (Lipinski definition) is 1. The van der Waals surface area contributed by atoms with Gasteiger partial charge in [0.05, 0.1) is 16.8 Å². The van der Waals surface area contributed by atoms with Gasteiger partial charge in [0.2, 0.25) is 0 Å². The van der Waals surface area contributed by atoms with Crippen LogP contribution >= 0.6 is 0 Å². The van der Waals surface area contributed by atoms with Crippen LogP contribution in [0, 0.1) is 0 Å². The summed E-state index contributed by atoms with van der Waals surface area (Å²) in [5.74, 6) is 0.0515. The molecule has 5 heteroatoms. The second-order valence-electron chi connectivity index (χ2n) is 6.44. The summed E-state index contributed by atoms with van der Waals surface area (Å²) in [6, 6.07) is 13.7. The average molecular weight is 332 g/mol. The topological polar surface area (TPSA) is 72.1 Å². The van der Waals surface area contributed by atoms with E-state index >= 15 is 0 Å². The van der Waals surface area contributed by atoms with Gasteiger partial charge in [-0.15, -0.1) is 0 Å². The molecular weight excluding hydrogens is 312 g/mol. The molecule has 0 unspecified atom stereocenters. The third-order valence-corrected chi connectivity index (χ3v) is 4.73. The number of amides is 1. The maximum Gasteiger partial charge on any atom is 0.254 e. The Hall–Kier alpha value is -2.79. The van der Waals surface area contributed by atoms with Crippen LogP contribution in [-0.4, -0.2) is 39.9 Å². The van der Waals surface area contributed by atoms with E-state index in [0.717, 1.165) is 35.0 Å². The van der Waals surface area contributed by atoms with Gasteiger partial charge in [-0.3, -0.25) is 9.78 Å². The van der Waals surface area contributed by atoms with Gasteiger partial charge in [-0.2, -0.15) is 0 Å². The lowest BCUT2D eigenvalue weighted by molar-refractivity contribution is 0.0716. The van der Waals surface area contributed by atoms with E-state index in [1.54, 1.807) is 12.4 Å². The summed E-state index contributed by atoms with van der Waals surface area (Å²) in [4.78, 5) is 23.9. The van der Waals surface area contributed by atoms with Crippen molar-refractivity contribution in [2.75, 3.05) is 13.1 Å². The molecule has 0 atom stereocenters. The van der Waals surface area contributed by atoms with Gasteiger partial charge < -0.3 is 10.6 Å². The molecule has 25 heavy (non-hydrogen) atoms. The Labute approximate surface area is 146 Å². The van der Waals surface area contributed by atoms with Gasteiger partial charge in [0.15, 0.2) is 0 Å². The van der Waals surface area contributed by atoms with E-state index in [-0.39, 0.29) is 11.9 Å². The zero-order valence-electron chi connectivity index (χ0n) is 13.9. The highest BCUT2D eigenvalue weighted by Gasteiger charge is 2.23. The minimum Gasteiger partial charge on any atom is -0.339 e. The maximum atomic E-state index is 13.1. The highest BCUT2D eigenvalue weighted by Crippen LogP contribution is 2.26. The quantitative estimate of drug-likeness (QED) is 0.783. The molecule has 0 bridgehead atoms. The average Bonchev–Trinajstić information content (AvgIpc) is 2.68. The number of hydrogen-bond acceptors (Lipinski definition) is 4. The normalized spacial score (nSPS) is 15.5. The summed E-state index contributed by atoms with van der Waals surface area (Å²) in [6.07, 6.45) is 5.20. The Bertz CT molecular complexity index is 902. The number of carbonyl (C=O) groups is 1. The molecule has 1 saturated heterocycles. The molecule has 0 saturated carbocycles. The highest BCUT2D eigenvalue weighted by molar-refractivity contribution is 6.07. The van der Waals surface area contributed by atoms with Crippen LogP contribution in [-0.2, 0) is 0 Å². The molecule has 1 amide bonds. The van der Waals surface area contributed by atoms with Gasteiger partial charge in [0.1, 0.15) is 0 Å². The van der Waals surface area contributed by atoms with Gasteiger partial charge in [-0.25, -0.2) is 4.98 Å². The zero-order valence-corrected chi connectivity index (χ0v) is 13.9. The Morgan fingerprint density at radius 1 is 1.12 bits per heavy atom. The van der Waals surface area contributed by atoms with E-state index in [4.69, 9.17) is 10.7 Å². The summed E-state index contributed by atoms with van der Waals surface area (Å²) in [5, 5.41) is 0.884. The number of rotatable bonds is 2. The molecule has 0 radical (unpaired) electrons. The lowest BCUT2D eigenvalue weighted by Gasteiger charge is -2.30. The van der Waals surface area contributed by atoms with E-state index in [2.05, 4.69) is 4.98 Å². The molecule has 1 fully saturated rings. The minimum atomic E-state index is 0.0515. The van der Waals surface area contributed by atoms with Crippen molar-refractivity contribution < 1.29 is 4.79 Å². The SMILES string of the molecule is NC1CCN(C(=O)c2cc(-c3cccnc3)nc3ccccc23)CC1. The maximum absolute atomic E-state index is 13.1. The standard InChI is InChI=1S/C20H20N4O/c21-15-7-10-24(11-8-15)20(25)17-12-19(14-4-3-9-22-13-14)23-18-6-2-1-5-16(17)18/h1-6,9,12-13,15H,7-8,10-11,21H2. The molecular formula is C20H20N4O. The number of piperidine rings is 1. The van der Waals surface area contributed by atoms with Crippen molar-refractivity contribution >= 4 is 16.8 Å². The first-order valence-corrected chi connectivity index (χ1v) is 8.57. The Morgan fingerprint density at radius 3 is 2.68 bits per heavy atom. The predicted octanol–water partition coefficient (Wildman–Crippen LogP) is 2.86. The molecule has 2 N–H and O–H groups in total. The van der Waals surface area contributed by atoms with Crippen LogP contribution in [0.1, 0.15) is 23.2 Å². The smallest absolute Gasteiger partial charge is 0.254 e. The first-order valence-electron chi connectivity index (χ1n) is 8.57. The van der Waals surface area contributed by atoms with Crippen LogP contribution in [0.5, 0.6) is 0 Å². The monoisotopic (exact) mass is 332 g/mol. The number of pyridine rings is 2. The molecule has 4 rings (SSSR count). The molecule has 3 heterocycles. The first-order chi connectivity index (χ1) is 12.2. The number of likely N-dealkylation sites (tertiary alicyclic amines) is 1. The third kappa shape index (κ3) is 3.10. The molecule has 1 aliphatic heterocycles. The fraction of sp³-hybridized carbons (Fsp3) is 0.250. The number of carbonyl (C=O) groups excluding carboxylic acids is 1. The van der Waals surface area contributed by atoms with E-state index in [1.165, 1.54) is 0 Å². The summed E-state index contributed by atoms with van der Waals surface area (Å²) in [6.45, 7) is 1.41. The second-order valence-corrected chi connectivity index (χ2v) is 6.44. The Kier molecular flexibility index (Phi) is 4.15. The van der Waals surface area contributed by atoms with Gasteiger partial charge in [0.25, 0.3) is 5.91 Å². The largest absolute Gasteiger partial charge is 0.339 e. The molecule has 0 aliphatic carbocycles. The van der Waals surface area contributed by atoms with Crippen LogP contribution in [0.25, 0.3) is 22.2 Å². The summed E-state index contributed by atoms with van der Waals surface area (Å²) >= 11 is 0. The second kappa shape index (κ2) is 6.61. The first kappa shape index (κ1) is 15.7. The van der Waals surface area contributed by atoms with Gasteiger partial charge >= 0.3 is 0 Å². The van der Waals surface area contributed by atoms with Crippen molar-refractivity contribution in [2.24, 2.45) is 5.73 Å². The van der Waals surface area contributed by atoms with Gasteiger partial charge in [-0.1, -0.05) is 18.2 Å². The summed E-state index contributed by atoms with van der Waals surface area (Å²) < 4.78 is 0. The number of aromatic nitrogens is 2. The van der Waals surface area contributed by atoms with Crippen molar-refractivity contribution in [3.63, 3.8) is 0 Å². The summed E-state index contributed by atoms with van der Waals surface area (Å²) in [5.41, 5.74) is 9.16. The van der Waals surface area contributed by atoms with E-state index in [9.17, 15) is 4.79 Å². The van der Waals surface area contributed by atoms with Crippen LogP contribution in [0.15, 0.2) is 54.9 Å². The highest BCUT2D eigenvalue weighted by atomic mass is 16.2. The van der Waals surface area contributed by atoms with Crippen molar-refractivity contribution in [1.29, 1.82) is 0 Å². The van der Waals surface area contributed by atoms with Crippen LogP contribution in [0.3, 0.4) is 0 Å². The molecule has 3 aromatic rings. The fourth-order valence-corrected chi connectivity index (χ4v) is 3.29. The van der Waals surface area contributed by atoms with Gasteiger partial charge in [0, 0.05) is 42.5 Å². The predicted molar refractivity (Wildman–Crippen MR) is 98.1 cm³/mol. The van der Waals surface area contributed by atoms with Crippen LogP contribution in [0.2, 0.25) is 0 Å². The van der Waals surface area contributed by atoms with Crippen molar-refractivity contribution in [2.45, 2.75) is 18.9 Å². The van der Waals surface area contributed by atoms with Crippen molar-refractivity contribution in [1.82, 2.24) is 14.9 Å². The number of fused-ring (bicyclic) bond motifs is 1. The lowest BCUT2D eigenvalue weighted by atomic mass is 10.0. The molecule has 126 valence electrons. The fourth-order valence-electron chi connectivity index (χ4n) is 3.29. The minimum absolute atomic E-state index is 0.0515. The van der Waals surface area contributed by atoms with E-state index in [0.29, 0.717) is 18.7 Å². The number of benzene rings is 1. The third-order valence-electron chi connectivity index (χ3n) is 4.73. The Morgan fingerprint density at radius 2 is 1.92 bits per heavy atom. The summed E-state index contributed by atoms with van der Waals surface area (Å²) in [7, 11) is 0. The molecule has 2 aromatic heterocycles. The Balaban J connectivity index is 1.80. The van der Waals surface area contributed by atoms with E-state index < -0.39 is 0 Å². The van der Waals surface area contributed by atoms with E-state index in [1.807, 2.05) is 47.4 Å². The molecule has 1 aromatic carbocycles. The number of nitrogens with two attached hydrogens (primary N) is 1. The molecule has 0 spiro atoms. The van der Waals surface area contributed by atoms with Crippen molar-refractivity contribution in [3.8, 4) is 11.3 Å².